The topological polar surface area (TPSA) is 30.5 Å². The lowest BCUT2D eigenvalue weighted by molar-refractivity contribution is 0.174. The third-order valence-electron chi connectivity index (χ3n) is 2.58. The molecule has 2 rings (SSSR count). The molecule has 0 bridgehead atoms. The van der Waals surface area contributed by atoms with Crippen molar-refractivity contribution in [3.05, 3.63) is 22.7 Å². The van der Waals surface area contributed by atoms with Crippen LogP contribution in [0.1, 0.15) is 19.4 Å². The number of hydrogen-bond donors (Lipinski definition) is 1. The van der Waals surface area contributed by atoms with Gasteiger partial charge in [-0.1, -0.05) is 17.5 Å². The van der Waals surface area contributed by atoms with E-state index in [1.54, 1.807) is 0 Å². The van der Waals surface area contributed by atoms with Gasteiger partial charge in [-0.05, 0) is 31.5 Å². The maximum Gasteiger partial charge on any atom is 0.231 e. The molecule has 0 radical (unpaired) electrons. The summed E-state index contributed by atoms with van der Waals surface area (Å²) in [4.78, 5) is 0. The van der Waals surface area contributed by atoms with E-state index in [1.807, 2.05) is 26.0 Å². The van der Waals surface area contributed by atoms with E-state index in [1.165, 1.54) is 0 Å². The molecule has 1 aliphatic rings. The Hall–Kier alpha value is -1.37. The van der Waals surface area contributed by atoms with Crippen LogP contribution in [0.3, 0.4) is 0 Å². The second-order valence-corrected chi connectivity index (χ2v) is 4.84. The summed E-state index contributed by atoms with van der Waals surface area (Å²) in [7, 11) is 0. The van der Waals surface area contributed by atoms with Gasteiger partial charge < -0.3 is 9.47 Å². The Labute approximate surface area is 106 Å². The van der Waals surface area contributed by atoms with E-state index in [4.69, 9.17) is 27.5 Å². The number of rotatable bonds is 3. The zero-order valence-electron chi connectivity index (χ0n) is 9.84. The summed E-state index contributed by atoms with van der Waals surface area (Å²) >= 11 is 6.09. The number of benzene rings is 1. The second kappa shape index (κ2) is 4.48. The smallest absolute Gasteiger partial charge is 0.231 e. The van der Waals surface area contributed by atoms with Crippen LogP contribution >= 0.6 is 11.6 Å². The predicted octanol–water partition coefficient (Wildman–Crippen LogP) is 2.57. The zero-order valence-corrected chi connectivity index (χ0v) is 10.6. The van der Waals surface area contributed by atoms with E-state index in [9.17, 15) is 0 Å². The molecule has 0 unspecified atom stereocenters. The van der Waals surface area contributed by atoms with Gasteiger partial charge in [-0.25, -0.2) is 0 Å². The van der Waals surface area contributed by atoms with E-state index in [2.05, 4.69) is 11.2 Å². The van der Waals surface area contributed by atoms with E-state index in [-0.39, 0.29) is 12.3 Å². The van der Waals surface area contributed by atoms with Gasteiger partial charge in [0, 0.05) is 6.54 Å². The molecule has 0 saturated carbocycles. The van der Waals surface area contributed by atoms with Crippen molar-refractivity contribution in [3.8, 4) is 23.8 Å². The van der Waals surface area contributed by atoms with Crippen molar-refractivity contribution in [1.29, 1.82) is 0 Å². The highest BCUT2D eigenvalue weighted by Crippen LogP contribution is 2.39. The summed E-state index contributed by atoms with van der Waals surface area (Å²) in [5.74, 6) is 3.98. The molecule has 0 aromatic heterocycles. The number of terminal acetylenes is 1. The third kappa shape index (κ3) is 2.66. The van der Waals surface area contributed by atoms with Crippen LogP contribution in [0, 0.1) is 12.3 Å². The maximum absolute atomic E-state index is 6.09. The fourth-order valence-electron chi connectivity index (χ4n) is 1.50. The molecule has 0 fully saturated rings. The van der Waals surface area contributed by atoms with Crippen molar-refractivity contribution < 1.29 is 9.47 Å². The summed E-state index contributed by atoms with van der Waals surface area (Å²) in [5.41, 5.74) is 0.672. The van der Waals surface area contributed by atoms with Crippen molar-refractivity contribution in [2.24, 2.45) is 0 Å². The highest BCUT2D eigenvalue weighted by Gasteiger charge is 2.19. The monoisotopic (exact) mass is 251 g/mol. The lowest BCUT2D eigenvalue weighted by atomic mass is 10.1. The molecule has 1 N–H and O–H groups in total. The van der Waals surface area contributed by atoms with Gasteiger partial charge in [0.15, 0.2) is 11.5 Å². The lowest BCUT2D eigenvalue weighted by Gasteiger charge is -2.19. The molecule has 3 nitrogen and oxygen atoms in total. The van der Waals surface area contributed by atoms with Gasteiger partial charge in [-0.2, -0.15) is 0 Å². The van der Waals surface area contributed by atoms with Gasteiger partial charge in [-0.3, -0.25) is 5.32 Å². The molecular weight excluding hydrogens is 238 g/mol. The maximum atomic E-state index is 6.09. The van der Waals surface area contributed by atoms with Crippen molar-refractivity contribution in [1.82, 2.24) is 5.32 Å². The van der Waals surface area contributed by atoms with Crippen LogP contribution in [0.25, 0.3) is 0 Å². The molecule has 17 heavy (non-hydrogen) atoms. The number of halogens is 1. The van der Waals surface area contributed by atoms with Gasteiger partial charge in [0.2, 0.25) is 6.79 Å². The predicted molar refractivity (Wildman–Crippen MR) is 67.3 cm³/mol. The Morgan fingerprint density at radius 1 is 1.47 bits per heavy atom. The van der Waals surface area contributed by atoms with E-state index < -0.39 is 0 Å². The molecular formula is C13H14ClNO2. The fourth-order valence-corrected chi connectivity index (χ4v) is 1.78. The van der Waals surface area contributed by atoms with Crippen LogP contribution in [0.15, 0.2) is 12.1 Å². The third-order valence-corrected chi connectivity index (χ3v) is 2.86. The number of ether oxygens (including phenoxy) is 2. The minimum atomic E-state index is -0.344. The van der Waals surface area contributed by atoms with Crippen LogP contribution in [-0.4, -0.2) is 12.3 Å². The summed E-state index contributed by atoms with van der Waals surface area (Å²) in [5, 5.41) is 3.82. The van der Waals surface area contributed by atoms with Gasteiger partial charge in [0.25, 0.3) is 0 Å². The summed E-state index contributed by atoms with van der Waals surface area (Å²) < 4.78 is 10.5. The number of nitrogens with one attached hydrogen (secondary N) is 1. The normalized spacial score (nSPS) is 13.5. The molecule has 1 heterocycles. The van der Waals surface area contributed by atoms with Crippen LogP contribution in [-0.2, 0) is 6.54 Å². The molecule has 0 amide bonds. The van der Waals surface area contributed by atoms with Crippen LogP contribution in [0.5, 0.6) is 11.5 Å². The molecule has 4 heteroatoms. The Kier molecular flexibility index (Phi) is 3.19. The first-order valence-electron chi connectivity index (χ1n) is 5.33. The van der Waals surface area contributed by atoms with Gasteiger partial charge in [0.1, 0.15) is 0 Å². The van der Waals surface area contributed by atoms with Crippen molar-refractivity contribution in [2.75, 3.05) is 6.79 Å². The number of hydrogen-bond acceptors (Lipinski definition) is 3. The molecule has 0 saturated heterocycles. The molecule has 90 valence electrons. The molecule has 1 aliphatic heterocycles. The minimum absolute atomic E-state index is 0.224. The van der Waals surface area contributed by atoms with E-state index >= 15 is 0 Å². The van der Waals surface area contributed by atoms with Crippen molar-refractivity contribution in [2.45, 2.75) is 25.9 Å². The molecule has 1 aromatic rings. The van der Waals surface area contributed by atoms with Crippen LogP contribution < -0.4 is 14.8 Å². The molecule has 0 spiro atoms. The largest absolute Gasteiger partial charge is 0.454 e. The first-order chi connectivity index (χ1) is 8.02. The minimum Gasteiger partial charge on any atom is -0.454 e. The Bertz CT molecular complexity index is 477. The summed E-state index contributed by atoms with van der Waals surface area (Å²) in [6, 6.07) is 3.77. The Morgan fingerprint density at radius 3 is 2.94 bits per heavy atom. The summed E-state index contributed by atoms with van der Waals surface area (Å²) in [6.45, 7) is 4.75. The summed E-state index contributed by atoms with van der Waals surface area (Å²) in [6.07, 6.45) is 5.41. The first-order valence-corrected chi connectivity index (χ1v) is 5.70. The first kappa shape index (κ1) is 12.1. The lowest BCUT2D eigenvalue weighted by Crippen LogP contribution is -2.36. The number of fused-ring (bicyclic) bond motifs is 1. The quantitative estimate of drug-likeness (QED) is 0.838. The average molecular weight is 252 g/mol. The molecule has 1 aromatic carbocycles. The average Bonchev–Trinajstić information content (AvgIpc) is 2.75. The fraction of sp³-hybridized carbons (Fsp3) is 0.385. The van der Waals surface area contributed by atoms with Crippen LogP contribution in [0.2, 0.25) is 5.02 Å². The standard InChI is InChI=1S/C13H14ClNO2/c1-4-13(2,3)15-7-9-5-10(14)12-11(6-9)16-8-17-12/h1,5-6,15H,7-8H2,2-3H3. The second-order valence-electron chi connectivity index (χ2n) is 4.43. The van der Waals surface area contributed by atoms with Crippen LogP contribution in [0.4, 0.5) is 0 Å². The van der Waals surface area contributed by atoms with E-state index in [0.717, 1.165) is 5.56 Å². The Morgan fingerprint density at radius 2 is 2.24 bits per heavy atom. The van der Waals surface area contributed by atoms with Gasteiger partial charge in [-0.15, -0.1) is 6.42 Å². The highest BCUT2D eigenvalue weighted by molar-refractivity contribution is 6.32. The van der Waals surface area contributed by atoms with Crippen molar-refractivity contribution >= 4 is 11.6 Å². The molecule has 0 atom stereocenters. The van der Waals surface area contributed by atoms with Gasteiger partial charge >= 0.3 is 0 Å². The zero-order chi connectivity index (χ0) is 12.5. The SMILES string of the molecule is C#CC(C)(C)NCc1cc(Cl)c2c(c1)OCO2. The highest BCUT2D eigenvalue weighted by atomic mass is 35.5. The van der Waals surface area contributed by atoms with Crippen molar-refractivity contribution in [3.63, 3.8) is 0 Å². The Balaban J connectivity index is 2.14. The van der Waals surface area contributed by atoms with Gasteiger partial charge in [0.05, 0.1) is 10.6 Å². The van der Waals surface area contributed by atoms with E-state index in [0.29, 0.717) is 23.1 Å². The molecule has 0 aliphatic carbocycles.